The van der Waals surface area contributed by atoms with Gasteiger partial charge in [-0.15, -0.1) is 24.0 Å². The van der Waals surface area contributed by atoms with Gasteiger partial charge in [0, 0.05) is 38.4 Å². The molecule has 29 heavy (non-hydrogen) atoms. The van der Waals surface area contributed by atoms with Crippen LogP contribution in [0.3, 0.4) is 0 Å². The van der Waals surface area contributed by atoms with Crippen molar-refractivity contribution < 1.29 is 9.53 Å². The summed E-state index contributed by atoms with van der Waals surface area (Å²) in [7, 11) is 1.89. The number of guanidine groups is 1. The van der Waals surface area contributed by atoms with Crippen LogP contribution in [0.5, 0.6) is 0 Å². The van der Waals surface area contributed by atoms with E-state index in [1.807, 2.05) is 56.7 Å². The Balaban J connectivity index is 0.00000300. The number of nitrogens with zero attached hydrogens (tertiary/aromatic N) is 4. The first-order valence-electron chi connectivity index (χ1n) is 9.59. The smallest absolute Gasteiger partial charge is 0.242 e. The van der Waals surface area contributed by atoms with E-state index >= 15 is 0 Å². The molecule has 2 aromatic rings. The molecule has 2 heterocycles. The van der Waals surface area contributed by atoms with Gasteiger partial charge in [0.2, 0.25) is 5.91 Å². The first-order chi connectivity index (χ1) is 13.7. The van der Waals surface area contributed by atoms with Crippen LogP contribution in [0.25, 0.3) is 0 Å². The number of rotatable bonds is 6. The first kappa shape index (κ1) is 23.1. The minimum Gasteiger partial charge on any atom is -0.370 e. The Morgan fingerprint density at radius 1 is 1.31 bits per heavy atom. The van der Waals surface area contributed by atoms with Crippen LogP contribution in [-0.2, 0) is 23.1 Å². The molecular formula is C20H29IN6O2. The average molecular weight is 512 g/mol. The lowest BCUT2D eigenvalue weighted by Gasteiger charge is -2.34. The lowest BCUT2D eigenvalue weighted by Crippen LogP contribution is -2.48. The standard InChI is InChI=1S/C20H28N6O2.HI/c1-3-21-20(23-13-19(27)22-11-16-7-5-4-6-8-16)26-9-10-28-18(15-26)17-12-24-25(2)14-17;/h4-8,12,14,18H,3,9-11,13,15H2,1-2H3,(H,21,23)(H,22,27);1H. The van der Waals surface area contributed by atoms with Crippen molar-refractivity contribution in [1.29, 1.82) is 0 Å². The van der Waals surface area contributed by atoms with E-state index in [4.69, 9.17) is 4.74 Å². The Kier molecular flexibility index (Phi) is 9.39. The molecule has 1 unspecified atom stereocenters. The minimum atomic E-state index is -0.101. The molecule has 1 aliphatic rings. The number of carbonyl (C=O) groups excluding carboxylic acids is 1. The maximum Gasteiger partial charge on any atom is 0.242 e. The second-order valence-electron chi connectivity index (χ2n) is 6.69. The van der Waals surface area contributed by atoms with Crippen LogP contribution in [0, 0.1) is 0 Å². The van der Waals surface area contributed by atoms with Crippen LogP contribution in [0.15, 0.2) is 47.7 Å². The molecule has 0 spiro atoms. The largest absolute Gasteiger partial charge is 0.370 e. The molecule has 1 amide bonds. The minimum absolute atomic E-state index is 0. The summed E-state index contributed by atoms with van der Waals surface area (Å²) in [6.07, 6.45) is 3.74. The zero-order chi connectivity index (χ0) is 19.8. The Morgan fingerprint density at radius 2 is 2.10 bits per heavy atom. The molecule has 1 aliphatic heterocycles. The molecule has 1 aromatic heterocycles. The van der Waals surface area contributed by atoms with Crippen molar-refractivity contribution in [3.63, 3.8) is 0 Å². The van der Waals surface area contributed by atoms with E-state index in [1.54, 1.807) is 4.68 Å². The van der Waals surface area contributed by atoms with Crippen molar-refractivity contribution in [3.8, 4) is 0 Å². The van der Waals surface area contributed by atoms with Gasteiger partial charge < -0.3 is 20.3 Å². The quantitative estimate of drug-likeness (QED) is 0.350. The number of amides is 1. The molecule has 1 atom stereocenters. The zero-order valence-corrected chi connectivity index (χ0v) is 19.2. The van der Waals surface area contributed by atoms with Crippen molar-refractivity contribution in [2.24, 2.45) is 12.0 Å². The second-order valence-corrected chi connectivity index (χ2v) is 6.69. The molecule has 1 aromatic carbocycles. The molecule has 0 bridgehead atoms. The Morgan fingerprint density at radius 3 is 2.79 bits per heavy atom. The van der Waals surface area contributed by atoms with Crippen LogP contribution in [0.4, 0.5) is 0 Å². The van der Waals surface area contributed by atoms with Gasteiger partial charge >= 0.3 is 0 Å². The van der Waals surface area contributed by atoms with E-state index in [9.17, 15) is 4.79 Å². The predicted molar refractivity (Wildman–Crippen MR) is 123 cm³/mol. The zero-order valence-electron chi connectivity index (χ0n) is 16.9. The third-order valence-electron chi connectivity index (χ3n) is 4.50. The van der Waals surface area contributed by atoms with E-state index in [1.165, 1.54) is 0 Å². The SMILES string of the molecule is CCNC(=NCC(=O)NCc1ccccc1)N1CCOC(c2cnn(C)c2)C1.I. The van der Waals surface area contributed by atoms with Crippen LogP contribution < -0.4 is 10.6 Å². The molecule has 0 saturated carbocycles. The number of hydrogen-bond acceptors (Lipinski definition) is 4. The number of aryl methyl sites for hydroxylation is 1. The van der Waals surface area contributed by atoms with E-state index in [2.05, 4.69) is 25.6 Å². The predicted octanol–water partition coefficient (Wildman–Crippen LogP) is 1.69. The number of hydrogen-bond donors (Lipinski definition) is 2. The fraction of sp³-hybridized carbons (Fsp3) is 0.450. The normalized spacial score (nSPS) is 16.8. The van der Waals surface area contributed by atoms with Crippen LogP contribution in [-0.4, -0.2) is 59.3 Å². The fourth-order valence-electron chi connectivity index (χ4n) is 3.07. The molecule has 0 radical (unpaired) electrons. The van der Waals surface area contributed by atoms with Gasteiger partial charge in [-0.05, 0) is 12.5 Å². The highest BCUT2D eigenvalue weighted by atomic mass is 127. The molecule has 9 heteroatoms. The number of halogens is 1. The van der Waals surface area contributed by atoms with Crippen LogP contribution in [0.2, 0.25) is 0 Å². The van der Waals surface area contributed by atoms with E-state index < -0.39 is 0 Å². The summed E-state index contributed by atoms with van der Waals surface area (Å²) < 4.78 is 7.66. The van der Waals surface area contributed by atoms with Gasteiger partial charge in [-0.1, -0.05) is 30.3 Å². The summed E-state index contributed by atoms with van der Waals surface area (Å²) in [6, 6.07) is 9.85. The summed E-state index contributed by atoms with van der Waals surface area (Å²) in [5.41, 5.74) is 2.11. The lowest BCUT2D eigenvalue weighted by molar-refractivity contribution is -0.119. The van der Waals surface area contributed by atoms with Crippen molar-refractivity contribution in [2.75, 3.05) is 32.8 Å². The number of nitrogens with one attached hydrogen (secondary N) is 2. The van der Waals surface area contributed by atoms with Gasteiger partial charge in [0.15, 0.2) is 5.96 Å². The molecule has 1 fully saturated rings. The van der Waals surface area contributed by atoms with E-state index in [-0.39, 0.29) is 42.5 Å². The lowest BCUT2D eigenvalue weighted by atomic mass is 10.1. The molecule has 0 aliphatic carbocycles. The van der Waals surface area contributed by atoms with Gasteiger partial charge in [0.05, 0.1) is 19.3 Å². The molecule has 158 valence electrons. The Hall–Kier alpha value is -2.14. The summed E-state index contributed by atoms with van der Waals surface area (Å²) in [4.78, 5) is 18.9. The maximum atomic E-state index is 12.2. The summed E-state index contributed by atoms with van der Waals surface area (Å²) in [6.45, 7) is 5.35. The molecule has 3 rings (SSSR count). The first-order valence-corrected chi connectivity index (χ1v) is 9.59. The van der Waals surface area contributed by atoms with Crippen molar-refractivity contribution in [1.82, 2.24) is 25.3 Å². The molecular weight excluding hydrogens is 483 g/mol. The number of morpholine rings is 1. The van der Waals surface area contributed by atoms with Gasteiger partial charge in [-0.3, -0.25) is 9.48 Å². The van der Waals surface area contributed by atoms with Gasteiger partial charge in [-0.25, -0.2) is 4.99 Å². The topological polar surface area (TPSA) is 83.8 Å². The summed E-state index contributed by atoms with van der Waals surface area (Å²) in [5, 5.41) is 10.4. The van der Waals surface area contributed by atoms with Gasteiger partial charge in [-0.2, -0.15) is 5.10 Å². The number of carbonyl (C=O) groups is 1. The summed E-state index contributed by atoms with van der Waals surface area (Å²) in [5.74, 6) is 0.630. The number of benzene rings is 1. The Bertz CT molecular complexity index is 795. The van der Waals surface area contributed by atoms with Crippen LogP contribution in [0.1, 0.15) is 24.2 Å². The van der Waals surface area contributed by atoms with E-state index in [0.29, 0.717) is 19.7 Å². The summed E-state index contributed by atoms with van der Waals surface area (Å²) >= 11 is 0. The number of ether oxygens (including phenoxy) is 1. The third-order valence-corrected chi connectivity index (χ3v) is 4.50. The van der Waals surface area contributed by atoms with E-state index in [0.717, 1.165) is 30.2 Å². The fourth-order valence-corrected chi connectivity index (χ4v) is 3.07. The number of aliphatic imine (C=N–C) groups is 1. The Labute approximate surface area is 188 Å². The van der Waals surface area contributed by atoms with Gasteiger partial charge in [0.25, 0.3) is 0 Å². The highest BCUT2D eigenvalue weighted by Gasteiger charge is 2.25. The maximum absolute atomic E-state index is 12.2. The van der Waals surface area contributed by atoms with Crippen LogP contribution >= 0.6 is 24.0 Å². The number of aromatic nitrogens is 2. The second kappa shape index (κ2) is 11.8. The molecule has 8 nitrogen and oxygen atoms in total. The molecule has 2 N–H and O–H groups in total. The highest BCUT2D eigenvalue weighted by molar-refractivity contribution is 14.0. The highest BCUT2D eigenvalue weighted by Crippen LogP contribution is 2.21. The van der Waals surface area contributed by atoms with Crippen molar-refractivity contribution in [3.05, 3.63) is 53.9 Å². The van der Waals surface area contributed by atoms with Crippen molar-refractivity contribution in [2.45, 2.75) is 19.6 Å². The van der Waals surface area contributed by atoms with Gasteiger partial charge in [0.1, 0.15) is 12.6 Å². The monoisotopic (exact) mass is 512 g/mol. The van der Waals surface area contributed by atoms with Crippen molar-refractivity contribution >= 4 is 35.8 Å². The third kappa shape index (κ3) is 7.00. The molecule has 1 saturated heterocycles. The average Bonchev–Trinajstić information content (AvgIpc) is 3.17.